The van der Waals surface area contributed by atoms with Crippen molar-refractivity contribution in [2.24, 2.45) is 11.7 Å². The standard InChI is InChI=1S/C50H57F3N10O6S/c1-29(56-2)48(67)58-44(50(68)62-23-4-7-39(62)49-57-38(28-70-49)45(65)32-9-13-33(51)14-10-32)31-19-24-60(25-20-31)21-5-8-41(64)61-22-3-6-35(27-61)63-46(54)42(47(55)66)43(59-63)30-11-16-36(17-12-30)69-40-18-15-34(52)26-37(40)53/h9-18,26,28-29,31,35,39,44,56H,3-8,19-25,27,54H2,1-2H3,(H2,55,66)(H,58,67). The number of amides is 4. The fourth-order valence-electron chi connectivity index (χ4n) is 9.59. The van der Waals surface area contributed by atoms with E-state index in [1.807, 2.05) is 0 Å². The fourth-order valence-corrected chi connectivity index (χ4v) is 10.5. The number of hydrogen-bond donors (Lipinski definition) is 4. The van der Waals surface area contributed by atoms with Crippen LogP contribution in [0.15, 0.2) is 72.1 Å². The molecule has 3 saturated heterocycles. The summed E-state index contributed by atoms with van der Waals surface area (Å²) < 4.78 is 48.2. The van der Waals surface area contributed by atoms with Gasteiger partial charge in [-0.2, -0.15) is 5.10 Å². The van der Waals surface area contributed by atoms with E-state index in [2.05, 4.69) is 20.5 Å². The van der Waals surface area contributed by atoms with E-state index in [1.165, 1.54) is 41.7 Å². The first-order valence-electron chi connectivity index (χ1n) is 23.6. The Kier molecular flexibility index (Phi) is 15.6. The second-order valence-corrected chi connectivity index (χ2v) is 19.0. The quantitative estimate of drug-likeness (QED) is 0.0767. The number of nitrogens with zero attached hydrogens (tertiary/aromatic N) is 6. The van der Waals surface area contributed by atoms with Gasteiger partial charge in [0.2, 0.25) is 23.5 Å². The molecule has 8 rings (SSSR count). The van der Waals surface area contributed by atoms with Crippen LogP contribution in [0.3, 0.4) is 0 Å². The van der Waals surface area contributed by atoms with E-state index in [-0.39, 0.29) is 75.8 Å². The van der Waals surface area contributed by atoms with Crippen molar-refractivity contribution in [2.45, 2.75) is 82.5 Å². The third-order valence-corrected chi connectivity index (χ3v) is 14.5. The van der Waals surface area contributed by atoms with Crippen LogP contribution in [0.25, 0.3) is 11.3 Å². The summed E-state index contributed by atoms with van der Waals surface area (Å²) in [5.74, 6) is -3.50. The largest absolute Gasteiger partial charge is 0.454 e. The molecule has 2 aromatic heterocycles. The fraction of sp³-hybridized carbons (Fsp3) is 0.420. The number of likely N-dealkylation sites (N-methyl/N-ethyl adjacent to an activating group) is 1. The molecule has 0 aliphatic carbocycles. The van der Waals surface area contributed by atoms with Crippen molar-refractivity contribution in [3.05, 3.63) is 111 Å². The number of ether oxygens (including phenoxy) is 1. The SMILES string of the molecule is CNC(C)C(=O)NC(C(=O)N1CCCC1c1nc(C(=O)c2ccc(F)cc2)cs1)C1CCN(CCCC(=O)N2CCCC(n3nc(-c4ccc(Oc5ccc(F)cc5F)cc4)c(C(N)=O)c3N)C2)CC1. The van der Waals surface area contributed by atoms with E-state index in [1.54, 1.807) is 58.1 Å². The number of anilines is 1. The zero-order valence-corrected chi connectivity index (χ0v) is 39.9. The molecule has 3 fully saturated rings. The van der Waals surface area contributed by atoms with Gasteiger partial charge in [0.05, 0.1) is 18.1 Å². The maximum atomic E-state index is 14.5. The van der Waals surface area contributed by atoms with E-state index in [0.29, 0.717) is 100 Å². The summed E-state index contributed by atoms with van der Waals surface area (Å²) in [7, 11) is 1.69. The Balaban J connectivity index is 0.853. The van der Waals surface area contributed by atoms with Gasteiger partial charge in [0, 0.05) is 48.6 Å². The minimum atomic E-state index is -0.855. The minimum absolute atomic E-state index is 0.00629. The molecule has 4 amide bonds. The normalized spacial score (nSPS) is 18.6. The van der Waals surface area contributed by atoms with Gasteiger partial charge < -0.3 is 41.5 Å². The molecule has 4 unspecified atom stereocenters. The lowest BCUT2D eigenvalue weighted by Crippen LogP contribution is -2.56. The molecule has 4 atom stereocenters. The van der Waals surface area contributed by atoms with Gasteiger partial charge in [-0.25, -0.2) is 22.8 Å². The number of carbonyl (C=O) groups excluding carboxylic acids is 5. The number of thiazole rings is 1. The van der Waals surface area contributed by atoms with Crippen LogP contribution in [-0.2, 0) is 14.4 Å². The Labute approximate surface area is 407 Å². The molecule has 3 aliphatic heterocycles. The van der Waals surface area contributed by atoms with E-state index < -0.39 is 35.4 Å². The van der Waals surface area contributed by atoms with Crippen LogP contribution in [-0.4, -0.2) is 117 Å². The average Bonchev–Trinajstić information content (AvgIpc) is 4.14. The zero-order chi connectivity index (χ0) is 49.6. The van der Waals surface area contributed by atoms with Gasteiger partial charge in [-0.1, -0.05) is 0 Å². The molecule has 5 aromatic rings. The van der Waals surface area contributed by atoms with Crippen LogP contribution in [0.1, 0.15) is 102 Å². The minimum Gasteiger partial charge on any atom is -0.454 e. The van der Waals surface area contributed by atoms with Crippen molar-refractivity contribution in [2.75, 3.05) is 52.0 Å². The summed E-state index contributed by atoms with van der Waals surface area (Å²) in [6, 6.07) is 12.7. The molecule has 16 nitrogen and oxygen atoms in total. The van der Waals surface area contributed by atoms with Crippen molar-refractivity contribution < 1.29 is 41.9 Å². The molecule has 3 aliphatic rings. The first-order valence-corrected chi connectivity index (χ1v) is 24.5. The van der Waals surface area contributed by atoms with Gasteiger partial charge in [-0.05, 0) is 145 Å². The number of hydrogen-bond acceptors (Lipinski definition) is 12. The maximum absolute atomic E-state index is 14.5. The van der Waals surface area contributed by atoms with Crippen LogP contribution in [0.5, 0.6) is 11.5 Å². The molecule has 0 spiro atoms. The Bertz CT molecular complexity index is 2710. The summed E-state index contributed by atoms with van der Waals surface area (Å²) in [5.41, 5.74) is 13.7. The van der Waals surface area contributed by atoms with Crippen LogP contribution in [0, 0.1) is 23.4 Å². The Morgan fingerprint density at radius 3 is 2.31 bits per heavy atom. The van der Waals surface area contributed by atoms with Gasteiger partial charge in [-0.15, -0.1) is 11.3 Å². The van der Waals surface area contributed by atoms with Crippen molar-refractivity contribution in [1.29, 1.82) is 0 Å². The molecule has 6 N–H and O–H groups in total. The van der Waals surface area contributed by atoms with Crippen LogP contribution in [0.2, 0.25) is 0 Å². The lowest BCUT2D eigenvalue weighted by molar-refractivity contribution is -0.139. The predicted octanol–water partition coefficient (Wildman–Crippen LogP) is 6.24. The number of ketones is 1. The van der Waals surface area contributed by atoms with Crippen LogP contribution in [0.4, 0.5) is 19.0 Å². The average molecular weight is 983 g/mol. The van der Waals surface area contributed by atoms with E-state index in [0.717, 1.165) is 18.6 Å². The Morgan fingerprint density at radius 2 is 1.61 bits per heavy atom. The number of nitrogens with two attached hydrogens (primary N) is 2. The van der Waals surface area contributed by atoms with Gasteiger partial charge in [0.25, 0.3) is 5.91 Å². The number of benzene rings is 3. The second kappa shape index (κ2) is 22.0. The number of aromatic nitrogens is 3. The third kappa shape index (κ3) is 11.2. The van der Waals surface area contributed by atoms with Gasteiger partial charge in [-0.3, -0.25) is 24.0 Å². The highest BCUT2D eigenvalue weighted by atomic mass is 32.1. The van der Waals surface area contributed by atoms with Crippen molar-refractivity contribution in [1.82, 2.24) is 40.1 Å². The first kappa shape index (κ1) is 49.8. The lowest BCUT2D eigenvalue weighted by atomic mass is 9.88. The molecular weight excluding hydrogens is 926 g/mol. The second-order valence-electron chi connectivity index (χ2n) is 18.1. The number of halogens is 3. The molecule has 20 heteroatoms. The van der Waals surface area contributed by atoms with Gasteiger partial charge >= 0.3 is 0 Å². The Morgan fingerprint density at radius 1 is 0.900 bits per heavy atom. The van der Waals surface area contributed by atoms with Crippen molar-refractivity contribution >= 4 is 46.6 Å². The summed E-state index contributed by atoms with van der Waals surface area (Å²) in [4.78, 5) is 77.9. The predicted molar refractivity (Wildman–Crippen MR) is 256 cm³/mol. The third-order valence-electron chi connectivity index (χ3n) is 13.6. The smallest absolute Gasteiger partial charge is 0.254 e. The number of likely N-dealkylation sites (tertiary alicyclic amines) is 3. The van der Waals surface area contributed by atoms with Crippen molar-refractivity contribution in [3.63, 3.8) is 0 Å². The number of carbonyl (C=O) groups is 5. The molecule has 5 heterocycles. The molecule has 370 valence electrons. The molecule has 0 saturated carbocycles. The van der Waals surface area contributed by atoms with E-state index in [4.69, 9.17) is 21.3 Å². The zero-order valence-electron chi connectivity index (χ0n) is 39.0. The molecule has 0 radical (unpaired) electrons. The van der Waals surface area contributed by atoms with E-state index >= 15 is 0 Å². The lowest BCUT2D eigenvalue weighted by Gasteiger charge is -2.38. The molecule has 0 bridgehead atoms. The molecular formula is C50H57F3N10O6S. The topological polar surface area (TPSA) is 211 Å². The number of piperidine rings is 2. The summed E-state index contributed by atoms with van der Waals surface area (Å²) in [6.45, 7) is 5.18. The van der Waals surface area contributed by atoms with Crippen LogP contribution < -0.4 is 26.8 Å². The monoisotopic (exact) mass is 982 g/mol. The highest BCUT2D eigenvalue weighted by Crippen LogP contribution is 2.37. The highest BCUT2D eigenvalue weighted by molar-refractivity contribution is 7.10. The summed E-state index contributed by atoms with van der Waals surface area (Å²) in [6.07, 6.45) is 5.03. The maximum Gasteiger partial charge on any atom is 0.254 e. The number of nitrogen functional groups attached to an aromatic ring is 1. The van der Waals surface area contributed by atoms with Gasteiger partial charge in [0.15, 0.2) is 11.6 Å². The Hall–Kier alpha value is -6.64. The number of primary amides is 1. The summed E-state index contributed by atoms with van der Waals surface area (Å²) >= 11 is 1.31. The van der Waals surface area contributed by atoms with Crippen molar-refractivity contribution in [3.8, 4) is 22.8 Å². The molecule has 3 aromatic carbocycles. The molecule has 70 heavy (non-hydrogen) atoms. The van der Waals surface area contributed by atoms with Crippen LogP contribution >= 0.6 is 11.3 Å². The number of rotatable bonds is 17. The number of nitrogens with one attached hydrogen (secondary N) is 2. The first-order chi connectivity index (χ1) is 33.7. The van der Waals surface area contributed by atoms with E-state index in [9.17, 15) is 37.1 Å². The van der Waals surface area contributed by atoms with Gasteiger partial charge in [0.1, 0.15) is 51.2 Å². The summed E-state index contributed by atoms with van der Waals surface area (Å²) in [5, 5.41) is 13.1. The highest BCUT2D eigenvalue weighted by Gasteiger charge is 2.41.